The first kappa shape index (κ1) is 20.6. The first-order valence-corrected chi connectivity index (χ1v) is 9.85. The number of amides is 1. The Balaban J connectivity index is 2.18. The van der Waals surface area contributed by atoms with Crippen molar-refractivity contribution in [3.05, 3.63) is 52.3 Å². The average molecular weight is 414 g/mol. The molecule has 0 aliphatic heterocycles. The van der Waals surface area contributed by atoms with E-state index in [2.05, 4.69) is 4.99 Å². The number of rotatable bonds is 6. The van der Waals surface area contributed by atoms with Gasteiger partial charge in [-0.3, -0.25) is 9.59 Å². The molecule has 0 aliphatic carbocycles. The molecule has 3 aromatic rings. The van der Waals surface area contributed by atoms with Crippen molar-refractivity contribution in [3.8, 4) is 11.5 Å². The Hall–Kier alpha value is -3.13. The summed E-state index contributed by atoms with van der Waals surface area (Å²) >= 11 is 1.29. The number of methoxy groups -OCH3 is 2. The Morgan fingerprint density at radius 1 is 1.10 bits per heavy atom. The van der Waals surface area contributed by atoms with Gasteiger partial charge in [-0.05, 0) is 26.0 Å². The van der Waals surface area contributed by atoms with Gasteiger partial charge in [0.05, 0.1) is 31.0 Å². The van der Waals surface area contributed by atoms with Crippen LogP contribution >= 0.6 is 11.3 Å². The van der Waals surface area contributed by atoms with Crippen molar-refractivity contribution in [2.75, 3.05) is 20.8 Å². The van der Waals surface area contributed by atoms with Crippen LogP contribution in [0.15, 0.2) is 41.4 Å². The normalized spacial score (nSPS) is 11.5. The van der Waals surface area contributed by atoms with E-state index >= 15 is 0 Å². The highest BCUT2D eigenvalue weighted by Crippen LogP contribution is 2.33. The third-order valence-electron chi connectivity index (χ3n) is 4.24. The van der Waals surface area contributed by atoms with Crippen LogP contribution < -0.4 is 14.3 Å². The van der Waals surface area contributed by atoms with Gasteiger partial charge >= 0.3 is 5.97 Å². The van der Waals surface area contributed by atoms with E-state index in [-0.39, 0.29) is 19.1 Å². The van der Waals surface area contributed by atoms with Crippen molar-refractivity contribution in [2.45, 2.75) is 20.4 Å². The Morgan fingerprint density at radius 3 is 2.48 bits per heavy atom. The molecule has 2 aromatic carbocycles. The fraction of sp³-hybridized carbons (Fsp3) is 0.286. The van der Waals surface area contributed by atoms with E-state index in [1.165, 1.54) is 18.4 Å². The van der Waals surface area contributed by atoms with Crippen molar-refractivity contribution in [2.24, 2.45) is 4.99 Å². The molecule has 29 heavy (non-hydrogen) atoms. The van der Waals surface area contributed by atoms with Gasteiger partial charge in [0.15, 0.2) is 16.3 Å². The van der Waals surface area contributed by atoms with Crippen molar-refractivity contribution < 1.29 is 23.8 Å². The summed E-state index contributed by atoms with van der Waals surface area (Å²) in [5, 5.41) is 0. The maximum Gasteiger partial charge on any atom is 0.326 e. The van der Waals surface area contributed by atoms with Gasteiger partial charge in [-0.2, -0.15) is 4.99 Å². The molecular formula is C21H22N2O5S. The molecular weight excluding hydrogens is 392 g/mol. The summed E-state index contributed by atoms with van der Waals surface area (Å²) in [7, 11) is 3.09. The van der Waals surface area contributed by atoms with Gasteiger partial charge in [-0.1, -0.05) is 29.0 Å². The van der Waals surface area contributed by atoms with Crippen molar-refractivity contribution >= 4 is 33.4 Å². The van der Waals surface area contributed by atoms with Crippen LogP contribution in [0.5, 0.6) is 11.5 Å². The predicted octanol–water partition coefficient (Wildman–Crippen LogP) is 3.33. The van der Waals surface area contributed by atoms with Crippen LogP contribution in [0.2, 0.25) is 0 Å². The lowest BCUT2D eigenvalue weighted by Crippen LogP contribution is -2.23. The smallest absolute Gasteiger partial charge is 0.326 e. The van der Waals surface area contributed by atoms with Crippen molar-refractivity contribution in [1.82, 2.24) is 4.57 Å². The second-order valence-electron chi connectivity index (χ2n) is 6.24. The summed E-state index contributed by atoms with van der Waals surface area (Å²) in [6, 6.07) is 10.8. The number of thiazole rings is 1. The molecule has 3 rings (SSSR count). The number of fused-ring (bicyclic) bond motifs is 1. The summed E-state index contributed by atoms with van der Waals surface area (Å²) < 4.78 is 18.3. The zero-order chi connectivity index (χ0) is 21.0. The lowest BCUT2D eigenvalue weighted by Gasteiger charge is -2.09. The Kier molecular flexibility index (Phi) is 6.33. The number of carbonyl (C=O) groups excluding carboxylic acids is 2. The Labute approximate surface area is 172 Å². The molecule has 1 aromatic heterocycles. The second kappa shape index (κ2) is 8.91. The Bertz CT molecular complexity index is 1130. The largest absolute Gasteiger partial charge is 0.493 e. The number of benzene rings is 2. The number of aryl methyl sites for hydroxylation is 1. The number of carbonyl (C=O) groups is 2. The second-order valence-corrected chi connectivity index (χ2v) is 7.25. The number of aromatic nitrogens is 1. The van der Waals surface area contributed by atoms with Gasteiger partial charge in [0.25, 0.3) is 5.91 Å². The van der Waals surface area contributed by atoms with Gasteiger partial charge in [0, 0.05) is 17.7 Å². The van der Waals surface area contributed by atoms with E-state index in [0.29, 0.717) is 27.4 Å². The summed E-state index contributed by atoms with van der Waals surface area (Å²) in [6.07, 6.45) is 0. The fourth-order valence-electron chi connectivity index (χ4n) is 2.90. The maximum absolute atomic E-state index is 12.7. The molecule has 8 heteroatoms. The van der Waals surface area contributed by atoms with Crippen LogP contribution in [-0.2, 0) is 16.1 Å². The number of esters is 1. The summed E-state index contributed by atoms with van der Waals surface area (Å²) in [5.74, 6) is 0.288. The third kappa shape index (κ3) is 4.48. The monoisotopic (exact) mass is 414 g/mol. The van der Waals surface area contributed by atoms with E-state index in [0.717, 1.165) is 10.3 Å². The SMILES string of the molecule is CCOC(=O)Cn1c(=NC(=O)c2cccc(C)c2)sc2cc(OC)c(OC)cc21. The van der Waals surface area contributed by atoms with Gasteiger partial charge in [-0.15, -0.1) is 0 Å². The first-order valence-electron chi connectivity index (χ1n) is 9.03. The van der Waals surface area contributed by atoms with E-state index in [9.17, 15) is 9.59 Å². The highest BCUT2D eigenvalue weighted by molar-refractivity contribution is 7.16. The number of hydrogen-bond acceptors (Lipinski definition) is 6. The molecule has 0 saturated heterocycles. The van der Waals surface area contributed by atoms with Crippen molar-refractivity contribution in [3.63, 3.8) is 0 Å². The molecule has 0 unspecified atom stereocenters. The van der Waals surface area contributed by atoms with Gasteiger partial charge in [-0.25, -0.2) is 0 Å². The molecule has 0 aliphatic rings. The lowest BCUT2D eigenvalue weighted by atomic mass is 10.1. The highest BCUT2D eigenvalue weighted by Gasteiger charge is 2.16. The molecule has 0 fully saturated rings. The molecule has 1 amide bonds. The minimum Gasteiger partial charge on any atom is -0.493 e. The average Bonchev–Trinajstić information content (AvgIpc) is 3.02. The molecule has 152 valence electrons. The topological polar surface area (TPSA) is 79.1 Å². The zero-order valence-electron chi connectivity index (χ0n) is 16.7. The minimum atomic E-state index is -0.411. The lowest BCUT2D eigenvalue weighted by molar-refractivity contribution is -0.143. The standard InChI is InChI=1S/C21H22N2O5S/c1-5-28-19(24)12-23-15-10-16(26-3)17(27-4)11-18(15)29-21(23)22-20(25)14-8-6-7-13(2)9-14/h6-11H,5,12H2,1-4H3. The molecule has 0 bridgehead atoms. The van der Waals surface area contributed by atoms with E-state index in [1.807, 2.05) is 19.1 Å². The molecule has 0 spiro atoms. The molecule has 1 heterocycles. The van der Waals surface area contributed by atoms with E-state index in [4.69, 9.17) is 14.2 Å². The van der Waals surface area contributed by atoms with Crippen LogP contribution in [0, 0.1) is 6.92 Å². The van der Waals surface area contributed by atoms with Gasteiger partial charge < -0.3 is 18.8 Å². The highest BCUT2D eigenvalue weighted by atomic mass is 32.1. The van der Waals surface area contributed by atoms with Crippen LogP contribution in [0.25, 0.3) is 10.2 Å². The predicted molar refractivity (Wildman–Crippen MR) is 111 cm³/mol. The fourth-order valence-corrected chi connectivity index (χ4v) is 3.94. The molecule has 0 atom stereocenters. The Morgan fingerprint density at radius 2 is 1.83 bits per heavy atom. The van der Waals surface area contributed by atoms with Crippen LogP contribution in [0.4, 0.5) is 0 Å². The number of hydrogen-bond donors (Lipinski definition) is 0. The van der Waals surface area contributed by atoms with Gasteiger partial charge in [0.1, 0.15) is 6.54 Å². The molecule has 0 radical (unpaired) electrons. The number of ether oxygens (including phenoxy) is 3. The molecule has 0 saturated carbocycles. The molecule has 0 N–H and O–H groups in total. The first-order chi connectivity index (χ1) is 14.0. The van der Waals surface area contributed by atoms with Crippen molar-refractivity contribution in [1.29, 1.82) is 0 Å². The van der Waals surface area contributed by atoms with Crippen LogP contribution in [0.1, 0.15) is 22.8 Å². The third-order valence-corrected chi connectivity index (χ3v) is 5.28. The van der Waals surface area contributed by atoms with Crippen LogP contribution in [0.3, 0.4) is 0 Å². The minimum absolute atomic E-state index is 0.0662. The molecule has 7 nitrogen and oxygen atoms in total. The summed E-state index contributed by atoms with van der Waals surface area (Å²) in [5.41, 5.74) is 2.16. The van der Waals surface area contributed by atoms with Gasteiger partial charge in [0.2, 0.25) is 0 Å². The zero-order valence-corrected chi connectivity index (χ0v) is 17.5. The summed E-state index contributed by atoms with van der Waals surface area (Å²) in [6.45, 7) is 3.86. The van der Waals surface area contributed by atoms with E-state index in [1.54, 1.807) is 42.9 Å². The quantitative estimate of drug-likeness (QED) is 0.578. The van der Waals surface area contributed by atoms with Crippen LogP contribution in [-0.4, -0.2) is 37.3 Å². The maximum atomic E-state index is 12.7. The van der Waals surface area contributed by atoms with E-state index < -0.39 is 5.97 Å². The number of nitrogens with zero attached hydrogens (tertiary/aromatic N) is 2. The summed E-state index contributed by atoms with van der Waals surface area (Å²) in [4.78, 5) is 29.6.